The summed E-state index contributed by atoms with van der Waals surface area (Å²) in [6.45, 7) is 4.46. The molecule has 2 heterocycles. The van der Waals surface area contributed by atoms with Crippen molar-refractivity contribution in [2.75, 3.05) is 13.1 Å². The van der Waals surface area contributed by atoms with E-state index in [1.807, 2.05) is 0 Å². The molecule has 96 valence electrons. The van der Waals surface area contributed by atoms with Crippen molar-refractivity contribution in [1.82, 2.24) is 14.9 Å². The van der Waals surface area contributed by atoms with E-state index < -0.39 is 0 Å². The van der Waals surface area contributed by atoms with E-state index in [0.29, 0.717) is 0 Å². The van der Waals surface area contributed by atoms with E-state index in [1.54, 1.807) is 0 Å². The second kappa shape index (κ2) is 4.73. The maximum Gasteiger partial charge on any atom is 0.109 e. The molecular weight excluding hydrogens is 222 g/mol. The Hall–Kier alpha value is -1.35. The van der Waals surface area contributed by atoms with Crippen LogP contribution >= 0.6 is 0 Å². The van der Waals surface area contributed by atoms with E-state index in [0.717, 1.165) is 30.9 Å². The maximum atomic E-state index is 4.79. The third kappa shape index (κ3) is 2.15. The lowest BCUT2D eigenvalue weighted by Gasteiger charge is -2.22. The summed E-state index contributed by atoms with van der Waals surface area (Å²) in [5.41, 5.74) is 3.70. The molecule has 1 aromatic carbocycles. The molecule has 3 nitrogen and oxygen atoms in total. The number of aromatic nitrogens is 2. The lowest BCUT2D eigenvalue weighted by atomic mass is 9.94. The van der Waals surface area contributed by atoms with E-state index in [4.69, 9.17) is 4.98 Å². The van der Waals surface area contributed by atoms with Crippen molar-refractivity contribution in [2.45, 2.75) is 26.2 Å². The summed E-state index contributed by atoms with van der Waals surface area (Å²) in [5, 5.41) is 3.42. The Morgan fingerprint density at radius 1 is 1.33 bits per heavy atom. The fourth-order valence-electron chi connectivity index (χ4n) is 2.88. The van der Waals surface area contributed by atoms with Gasteiger partial charge in [-0.25, -0.2) is 4.98 Å². The second-order valence-electron chi connectivity index (χ2n) is 5.48. The summed E-state index contributed by atoms with van der Waals surface area (Å²) < 4.78 is 2.27. The highest BCUT2D eigenvalue weighted by molar-refractivity contribution is 5.76. The molecule has 0 bridgehead atoms. The van der Waals surface area contributed by atoms with Gasteiger partial charge < -0.3 is 9.88 Å². The zero-order valence-corrected chi connectivity index (χ0v) is 11.2. The predicted molar refractivity (Wildman–Crippen MR) is 74.7 cm³/mol. The second-order valence-corrected chi connectivity index (χ2v) is 5.48. The Bertz CT molecular complexity index is 550. The van der Waals surface area contributed by atoms with Gasteiger partial charge in [-0.3, -0.25) is 0 Å². The van der Waals surface area contributed by atoms with Crippen LogP contribution in [0.2, 0.25) is 0 Å². The standard InChI is InChI=1S/C15H21N3/c1-11-3-4-13-14(9-11)18(2)15(17-13)10-12-5-7-16-8-6-12/h3-4,9,12,16H,5-8,10H2,1-2H3. The molecule has 3 rings (SSSR count). The van der Waals surface area contributed by atoms with Crippen molar-refractivity contribution in [1.29, 1.82) is 0 Å². The van der Waals surface area contributed by atoms with Crippen molar-refractivity contribution in [3.05, 3.63) is 29.6 Å². The Morgan fingerprint density at radius 3 is 2.89 bits per heavy atom. The average Bonchev–Trinajstić information content (AvgIpc) is 2.68. The predicted octanol–water partition coefficient (Wildman–Crippen LogP) is 2.42. The fraction of sp³-hybridized carbons (Fsp3) is 0.533. The Morgan fingerprint density at radius 2 is 2.11 bits per heavy atom. The highest BCUT2D eigenvalue weighted by Gasteiger charge is 2.17. The lowest BCUT2D eigenvalue weighted by Crippen LogP contribution is -2.29. The highest BCUT2D eigenvalue weighted by Crippen LogP contribution is 2.21. The average molecular weight is 243 g/mol. The van der Waals surface area contributed by atoms with Crippen LogP contribution in [-0.4, -0.2) is 22.6 Å². The molecule has 18 heavy (non-hydrogen) atoms. The van der Waals surface area contributed by atoms with Crippen LogP contribution in [0.1, 0.15) is 24.2 Å². The zero-order chi connectivity index (χ0) is 12.5. The summed E-state index contributed by atoms with van der Waals surface area (Å²) in [5.74, 6) is 2.03. The number of aryl methyl sites for hydroxylation is 2. The van der Waals surface area contributed by atoms with Crippen molar-refractivity contribution >= 4 is 11.0 Å². The number of rotatable bonds is 2. The first kappa shape index (κ1) is 11.7. The molecule has 2 aromatic rings. The van der Waals surface area contributed by atoms with Gasteiger partial charge in [-0.05, 0) is 56.5 Å². The molecule has 0 unspecified atom stereocenters. The molecule has 1 N–H and O–H groups in total. The molecular formula is C15H21N3. The number of hydrogen-bond donors (Lipinski definition) is 1. The molecule has 1 aromatic heterocycles. The van der Waals surface area contributed by atoms with Crippen LogP contribution in [0.5, 0.6) is 0 Å². The lowest BCUT2D eigenvalue weighted by molar-refractivity contribution is 0.365. The first-order valence-electron chi connectivity index (χ1n) is 6.87. The number of imidazole rings is 1. The van der Waals surface area contributed by atoms with Crippen LogP contribution < -0.4 is 5.32 Å². The number of piperidine rings is 1. The molecule has 1 fully saturated rings. The number of nitrogens with zero attached hydrogens (tertiary/aromatic N) is 2. The van der Waals surface area contributed by atoms with Crippen molar-refractivity contribution < 1.29 is 0 Å². The monoisotopic (exact) mass is 243 g/mol. The quantitative estimate of drug-likeness (QED) is 0.878. The van der Waals surface area contributed by atoms with Gasteiger partial charge in [0, 0.05) is 13.5 Å². The number of benzene rings is 1. The van der Waals surface area contributed by atoms with Gasteiger partial charge in [-0.1, -0.05) is 6.07 Å². The summed E-state index contributed by atoms with van der Waals surface area (Å²) >= 11 is 0. The molecule has 0 amide bonds. The van der Waals surface area contributed by atoms with Gasteiger partial charge >= 0.3 is 0 Å². The SMILES string of the molecule is Cc1ccc2nc(CC3CCNCC3)n(C)c2c1. The van der Waals surface area contributed by atoms with E-state index in [1.165, 1.54) is 29.7 Å². The first-order chi connectivity index (χ1) is 8.74. The molecule has 0 saturated carbocycles. The normalized spacial score (nSPS) is 17.4. The van der Waals surface area contributed by atoms with E-state index in [9.17, 15) is 0 Å². The topological polar surface area (TPSA) is 29.9 Å². The Kier molecular flexibility index (Phi) is 3.08. The van der Waals surface area contributed by atoms with Crippen LogP contribution in [0.3, 0.4) is 0 Å². The minimum atomic E-state index is 0.794. The van der Waals surface area contributed by atoms with Gasteiger partial charge in [-0.2, -0.15) is 0 Å². The Balaban J connectivity index is 1.89. The summed E-state index contributed by atoms with van der Waals surface area (Å²) in [4.78, 5) is 4.79. The number of fused-ring (bicyclic) bond motifs is 1. The van der Waals surface area contributed by atoms with Gasteiger partial charge in [0.15, 0.2) is 0 Å². The van der Waals surface area contributed by atoms with Crippen LogP contribution in [-0.2, 0) is 13.5 Å². The van der Waals surface area contributed by atoms with Gasteiger partial charge in [-0.15, -0.1) is 0 Å². The molecule has 0 aliphatic carbocycles. The summed E-state index contributed by atoms with van der Waals surface area (Å²) in [7, 11) is 2.14. The van der Waals surface area contributed by atoms with Gasteiger partial charge in [0.05, 0.1) is 11.0 Å². The molecule has 0 atom stereocenters. The molecule has 3 heteroatoms. The van der Waals surface area contributed by atoms with Gasteiger partial charge in [0.1, 0.15) is 5.82 Å². The molecule has 0 radical (unpaired) electrons. The Labute approximate surface area is 108 Å². The van der Waals surface area contributed by atoms with Crippen LogP contribution in [0.4, 0.5) is 0 Å². The molecule has 1 aliphatic heterocycles. The largest absolute Gasteiger partial charge is 0.331 e. The molecule has 1 saturated heterocycles. The summed E-state index contributed by atoms with van der Waals surface area (Å²) in [6, 6.07) is 6.51. The number of hydrogen-bond acceptors (Lipinski definition) is 2. The highest BCUT2D eigenvalue weighted by atomic mass is 15.1. The van der Waals surface area contributed by atoms with Crippen LogP contribution in [0, 0.1) is 12.8 Å². The van der Waals surface area contributed by atoms with E-state index >= 15 is 0 Å². The zero-order valence-electron chi connectivity index (χ0n) is 11.2. The third-order valence-electron chi connectivity index (χ3n) is 4.06. The van der Waals surface area contributed by atoms with Crippen molar-refractivity contribution in [3.63, 3.8) is 0 Å². The molecule has 1 aliphatic rings. The van der Waals surface area contributed by atoms with Gasteiger partial charge in [0.2, 0.25) is 0 Å². The smallest absolute Gasteiger partial charge is 0.109 e. The minimum Gasteiger partial charge on any atom is -0.331 e. The van der Waals surface area contributed by atoms with Crippen LogP contribution in [0.15, 0.2) is 18.2 Å². The van der Waals surface area contributed by atoms with Crippen LogP contribution in [0.25, 0.3) is 11.0 Å². The molecule has 0 spiro atoms. The van der Waals surface area contributed by atoms with Crippen molar-refractivity contribution in [3.8, 4) is 0 Å². The number of nitrogens with one attached hydrogen (secondary N) is 1. The van der Waals surface area contributed by atoms with Crippen molar-refractivity contribution in [2.24, 2.45) is 13.0 Å². The minimum absolute atomic E-state index is 0.794. The summed E-state index contributed by atoms with van der Waals surface area (Å²) in [6.07, 6.45) is 3.68. The van der Waals surface area contributed by atoms with Gasteiger partial charge in [0.25, 0.3) is 0 Å². The first-order valence-corrected chi connectivity index (χ1v) is 6.87. The maximum absolute atomic E-state index is 4.79. The third-order valence-corrected chi connectivity index (χ3v) is 4.06. The van der Waals surface area contributed by atoms with E-state index in [-0.39, 0.29) is 0 Å². The van der Waals surface area contributed by atoms with E-state index in [2.05, 4.69) is 42.1 Å². The fourth-order valence-corrected chi connectivity index (χ4v) is 2.88.